The van der Waals surface area contributed by atoms with Crippen LogP contribution in [0.5, 0.6) is 5.75 Å². The quantitative estimate of drug-likeness (QED) is 0.0585. The highest BCUT2D eigenvalue weighted by Crippen LogP contribution is 2.17. The van der Waals surface area contributed by atoms with Gasteiger partial charge in [0.1, 0.15) is 19.0 Å². The molecule has 7 N–H and O–H groups in total. The van der Waals surface area contributed by atoms with Gasteiger partial charge in [0.15, 0.2) is 0 Å². The van der Waals surface area contributed by atoms with Crippen LogP contribution in [0.4, 0.5) is 15.3 Å². The van der Waals surface area contributed by atoms with Crippen molar-refractivity contribution in [2.45, 2.75) is 53.4 Å². The summed E-state index contributed by atoms with van der Waals surface area (Å²) in [5, 5.41) is 13.1. The number of ether oxygens (including phenoxy) is 3. The van der Waals surface area contributed by atoms with Crippen molar-refractivity contribution >= 4 is 41.6 Å². The van der Waals surface area contributed by atoms with Crippen molar-refractivity contribution < 1.29 is 47.9 Å². The Kier molecular flexibility index (Phi) is 29.7. The Morgan fingerprint density at radius 1 is 0.648 bits per heavy atom. The van der Waals surface area contributed by atoms with Crippen molar-refractivity contribution in [3.8, 4) is 5.75 Å². The van der Waals surface area contributed by atoms with Crippen LogP contribution in [0.15, 0.2) is 24.3 Å². The van der Waals surface area contributed by atoms with Crippen LogP contribution in [-0.4, -0.2) is 153 Å². The molecule has 5 amide bonds. The number of non-ortho nitro benzene ring substituents is 1. The maximum atomic E-state index is 12.0. The third kappa shape index (κ3) is 24.2. The lowest BCUT2D eigenvalue weighted by Gasteiger charge is -2.25. The number of rotatable bonds is 21. The fraction of sp³-hybridized carbons (Fsp3) is 0.647. The first-order valence-corrected chi connectivity index (χ1v) is 17.8. The smallest absolute Gasteiger partial charge is 0.448 e. The van der Waals surface area contributed by atoms with Crippen molar-refractivity contribution in [1.29, 1.82) is 0 Å². The van der Waals surface area contributed by atoms with Gasteiger partial charge in [0.05, 0.1) is 18.0 Å². The largest absolute Gasteiger partial charge is 0.513 e. The Hall–Kier alpha value is -5.08. The van der Waals surface area contributed by atoms with Gasteiger partial charge in [-0.1, -0.05) is 27.7 Å². The highest BCUT2D eigenvalue weighted by Gasteiger charge is 2.17. The average molecular weight is 772 g/mol. The molecule has 1 aromatic rings. The Morgan fingerprint density at radius 3 is 1.44 bits per heavy atom. The minimum absolute atomic E-state index is 0.0215. The van der Waals surface area contributed by atoms with Gasteiger partial charge in [-0.3, -0.25) is 29.3 Å². The lowest BCUT2D eigenvalue weighted by molar-refractivity contribution is -0.384. The number of nitro benzene ring substituents is 1. The summed E-state index contributed by atoms with van der Waals surface area (Å²) in [6.07, 6.45) is -0.0502. The van der Waals surface area contributed by atoms with E-state index in [-0.39, 0.29) is 54.8 Å². The molecule has 1 aromatic carbocycles. The molecule has 0 saturated carbocycles. The van der Waals surface area contributed by atoms with E-state index in [4.69, 9.17) is 31.4 Å². The number of likely N-dealkylation sites (N-methyl/N-ethyl adjacent to an activating group) is 2. The maximum absolute atomic E-state index is 12.0. The van der Waals surface area contributed by atoms with Crippen LogP contribution < -0.4 is 27.3 Å². The molecule has 0 aliphatic heterocycles. The van der Waals surface area contributed by atoms with E-state index in [2.05, 4.69) is 5.32 Å². The SMILES string of the molecule is CCC(=O)N(C)CCN(CCOC(=O)NCCN)C(=O)CC.CCC(=O)N(C)CCN(CCOC(=O)Oc1ccc([N+](=O)[O-])cc1)C(=O)CC.NCCN. The Morgan fingerprint density at radius 2 is 1.07 bits per heavy atom. The molecule has 0 bridgehead atoms. The molecule has 0 aromatic heterocycles. The molecule has 0 radical (unpaired) electrons. The van der Waals surface area contributed by atoms with Gasteiger partial charge < -0.3 is 56.3 Å². The number of hydrogen-bond acceptors (Lipinski definition) is 14. The topological polar surface area (TPSA) is 276 Å². The van der Waals surface area contributed by atoms with Gasteiger partial charge in [-0.25, -0.2) is 9.59 Å². The van der Waals surface area contributed by atoms with E-state index in [1.54, 1.807) is 56.5 Å². The van der Waals surface area contributed by atoms with E-state index in [1.807, 2.05) is 0 Å². The normalized spacial score (nSPS) is 9.87. The third-order valence-electron chi connectivity index (χ3n) is 7.18. The van der Waals surface area contributed by atoms with E-state index in [0.717, 1.165) is 0 Å². The zero-order chi connectivity index (χ0) is 41.5. The standard InChI is InChI=1S/C18H25N3O7.C14H28N4O4.C2H8N2/c1-4-16(22)19(3)10-11-20(17(23)5-2)12-13-27-18(24)28-15-8-6-14(7-9-15)21(25)26;1-4-12(19)17(3)8-9-18(13(20)5-2)10-11-22-14(21)16-7-6-15;3-1-2-4/h6-9H,4-5,10-13H2,1-3H3;4-11,15H2,1-3H3,(H,16,21);1-4H2. The van der Waals surface area contributed by atoms with Crippen molar-refractivity contribution in [3.05, 3.63) is 34.4 Å². The molecule has 0 atom stereocenters. The number of carbonyl (C=O) groups is 6. The summed E-state index contributed by atoms with van der Waals surface area (Å²) < 4.78 is 14.8. The molecule has 1 rings (SSSR count). The number of carbonyl (C=O) groups excluding carboxylic acids is 6. The first kappa shape index (κ1) is 51.0. The maximum Gasteiger partial charge on any atom is 0.513 e. The van der Waals surface area contributed by atoms with Gasteiger partial charge in [-0.2, -0.15) is 0 Å². The molecule has 308 valence electrons. The Bertz CT molecular complexity index is 1270. The molecule has 54 heavy (non-hydrogen) atoms. The number of nitrogens with two attached hydrogens (primary N) is 3. The number of benzene rings is 1. The van der Waals surface area contributed by atoms with E-state index >= 15 is 0 Å². The number of alkyl carbamates (subject to hydrolysis) is 1. The summed E-state index contributed by atoms with van der Waals surface area (Å²) in [6, 6.07) is 4.98. The highest BCUT2D eigenvalue weighted by molar-refractivity contribution is 5.77. The zero-order valence-corrected chi connectivity index (χ0v) is 32.6. The molecule has 20 heteroatoms. The number of nitrogens with zero attached hydrogens (tertiary/aromatic N) is 5. The Labute approximate surface area is 317 Å². The van der Waals surface area contributed by atoms with Crippen LogP contribution in [0.3, 0.4) is 0 Å². The lowest BCUT2D eigenvalue weighted by Crippen LogP contribution is -2.41. The zero-order valence-electron chi connectivity index (χ0n) is 32.6. The second kappa shape index (κ2) is 31.4. The van der Waals surface area contributed by atoms with Crippen LogP contribution in [0.25, 0.3) is 0 Å². The van der Waals surface area contributed by atoms with Gasteiger partial charge in [-0.15, -0.1) is 0 Å². The van der Waals surface area contributed by atoms with Gasteiger partial charge in [0.25, 0.3) is 5.69 Å². The average Bonchev–Trinajstić information content (AvgIpc) is 3.18. The van der Waals surface area contributed by atoms with Crippen LogP contribution in [-0.2, 0) is 28.7 Å². The number of amides is 5. The molecular formula is C34H61N9O11. The molecule has 20 nitrogen and oxygen atoms in total. The van der Waals surface area contributed by atoms with Gasteiger partial charge in [0.2, 0.25) is 23.6 Å². The van der Waals surface area contributed by atoms with Gasteiger partial charge in [0, 0.05) is 104 Å². The molecule has 0 aliphatic rings. The minimum atomic E-state index is -0.976. The van der Waals surface area contributed by atoms with E-state index < -0.39 is 17.2 Å². The lowest BCUT2D eigenvalue weighted by atomic mass is 10.3. The monoisotopic (exact) mass is 771 g/mol. The van der Waals surface area contributed by atoms with Crippen LogP contribution in [0, 0.1) is 10.1 Å². The summed E-state index contributed by atoms with van der Waals surface area (Å²) in [5.74, 6) is -0.0436. The fourth-order valence-corrected chi connectivity index (χ4v) is 3.97. The third-order valence-corrected chi connectivity index (χ3v) is 7.18. The minimum Gasteiger partial charge on any atom is -0.448 e. The molecule has 0 saturated heterocycles. The van der Waals surface area contributed by atoms with Crippen molar-refractivity contribution in [3.63, 3.8) is 0 Å². The van der Waals surface area contributed by atoms with Crippen molar-refractivity contribution in [1.82, 2.24) is 24.9 Å². The first-order chi connectivity index (χ1) is 25.6. The fourth-order valence-electron chi connectivity index (χ4n) is 3.97. The number of nitrogens with one attached hydrogen (secondary N) is 1. The molecule has 0 aliphatic carbocycles. The summed E-state index contributed by atoms with van der Waals surface area (Å²) >= 11 is 0. The predicted octanol–water partition coefficient (Wildman–Crippen LogP) is 0.899. The molecule has 0 heterocycles. The molecular weight excluding hydrogens is 710 g/mol. The second-order valence-corrected chi connectivity index (χ2v) is 11.2. The molecule has 0 fully saturated rings. The van der Waals surface area contributed by atoms with E-state index in [1.165, 1.54) is 29.2 Å². The van der Waals surface area contributed by atoms with E-state index in [0.29, 0.717) is 84.6 Å². The van der Waals surface area contributed by atoms with Crippen LogP contribution in [0.1, 0.15) is 53.4 Å². The molecule has 0 spiro atoms. The summed E-state index contributed by atoms with van der Waals surface area (Å²) in [7, 11) is 3.37. The number of nitro groups is 1. The van der Waals surface area contributed by atoms with E-state index in [9.17, 15) is 38.9 Å². The van der Waals surface area contributed by atoms with Crippen molar-refractivity contribution in [2.75, 3.05) is 92.8 Å². The van der Waals surface area contributed by atoms with Gasteiger partial charge in [-0.05, 0) is 12.1 Å². The van der Waals surface area contributed by atoms with Crippen molar-refractivity contribution in [2.24, 2.45) is 17.2 Å². The first-order valence-electron chi connectivity index (χ1n) is 17.8. The second-order valence-electron chi connectivity index (χ2n) is 11.2. The number of hydrogen-bond donors (Lipinski definition) is 4. The van der Waals surface area contributed by atoms with Crippen LogP contribution in [0.2, 0.25) is 0 Å². The summed E-state index contributed by atoms with van der Waals surface area (Å²) in [6.45, 7) is 11.0. The van der Waals surface area contributed by atoms with Gasteiger partial charge >= 0.3 is 12.2 Å². The predicted molar refractivity (Wildman–Crippen MR) is 201 cm³/mol. The molecule has 0 unspecified atom stereocenters. The Balaban J connectivity index is 0. The van der Waals surface area contributed by atoms with Crippen LogP contribution >= 0.6 is 0 Å². The summed E-state index contributed by atoms with van der Waals surface area (Å²) in [4.78, 5) is 86.2. The summed E-state index contributed by atoms with van der Waals surface area (Å²) in [5.41, 5.74) is 14.9. The highest BCUT2D eigenvalue weighted by atomic mass is 16.7.